The van der Waals surface area contributed by atoms with Gasteiger partial charge in [-0.2, -0.15) is 0 Å². The molecule has 3 rings (SSSR count). The molecule has 172 valence electrons. The molecular weight excluding hydrogens is 446 g/mol. The van der Waals surface area contributed by atoms with Crippen LogP contribution in [0, 0.1) is 0 Å². The van der Waals surface area contributed by atoms with Crippen LogP contribution in [-0.4, -0.2) is 50.5 Å². The van der Waals surface area contributed by atoms with Crippen LogP contribution in [0.25, 0.3) is 0 Å². The number of thioether (sulfide) groups is 1. The lowest BCUT2D eigenvalue weighted by molar-refractivity contribution is 0.0720. The smallest absolute Gasteiger partial charge is 0.261 e. The minimum absolute atomic E-state index is 0.0188. The summed E-state index contributed by atoms with van der Waals surface area (Å²) in [5.74, 6) is -0.514. The van der Waals surface area contributed by atoms with Crippen molar-refractivity contribution in [3.63, 3.8) is 0 Å². The fraction of sp³-hybridized carbons (Fsp3) is 0.391. The summed E-state index contributed by atoms with van der Waals surface area (Å²) in [5.41, 5.74) is 0.798. The number of nitrogens with one attached hydrogen (secondary N) is 2. The summed E-state index contributed by atoms with van der Waals surface area (Å²) in [4.78, 5) is 28.1. The Labute approximate surface area is 194 Å². The van der Waals surface area contributed by atoms with Gasteiger partial charge in [-0.1, -0.05) is 12.1 Å². The van der Waals surface area contributed by atoms with Crippen molar-refractivity contribution < 1.29 is 18.0 Å². The van der Waals surface area contributed by atoms with Gasteiger partial charge in [0.05, 0.1) is 21.7 Å². The molecule has 1 fully saturated rings. The molecule has 7 nitrogen and oxygen atoms in total. The highest BCUT2D eigenvalue weighted by Gasteiger charge is 2.25. The van der Waals surface area contributed by atoms with Crippen LogP contribution in [-0.2, 0) is 10.0 Å². The molecular formula is C23H29N3O4S2. The Morgan fingerprint density at radius 1 is 1.00 bits per heavy atom. The highest BCUT2D eigenvalue weighted by atomic mass is 32.2. The number of nitrogens with zero attached hydrogens (tertiary/aromatic N) is 1. The van der Waals surface area contributed by atoms with Crippen LogP contribution in [0.3, 0.4) is 0 Å². The van der Waals surface area contributed by atoms with E-state index in [-0.39, 0.29) is 34.0 Å². The van der Waals surface area contributed by atoms with Crippen LogP contribution < -0.4 is 10.0 Å². The monoisotopic (exact) mass is 475 g/mol. The standard InChI is InChI=1S/C23H29N3O4S2/c1-16(2)24-22(27)18-9-5-6-10-20(18)25-32(29,30)17-11-12-21(31-3)19(15-17)23(28)26-13-7-4-8-14-26/h5-6,9-12,15-16,25H,4,7-8,13-14H2,1-3H3,(H,24,27). The van der Waals surface area contributed by atoms with Crippen molar-refractivity contribution in [2.24, 2.45) is 0 Å². The van der Waals surface area contributed by atoms with E-state index >= 15 is 0 Å². The fourth-order valence-electron chi connectivity index (χ4n) is 3.60. The van der Waals surface area contributed by atoms with Crippen LogP contribution in [0.2, 0.25) is 0 Å². The molecule has 1 heterocycles. The van der Waals surface area contributed by atoms with Crippen LogP contribution in [0.4, 0.5) is 5.69 Å². The summed E-state index contributed by atoms with van der Waals surface area (Å²) in [5, 5.41) is 2.77. The largest absolute Gasteiger partial charge is 0.350 e. The van der Waals surface area contributed by atoms with Gasteiger partial charge in [0.25, 0.3) is 21.8 Å². The third-order valence-electron chi connectivity index (χ3n) is 5.19. The number of carbonyl (C=O) groups is 2. The van der Waals surface area contributed by atoms with E-state index in [1.54, 1.807) is 35.2 Å². The second kappa shape index (κ2) is 10.4. The number of carbonyl (C=O) groups excluding carboxylic acids is 2. The molecule has 2 aromatic carbocycles. The zero-order valence-corrected chi connectivity index (χ0v) is 20.2. The number of piperidine rings is 1. The molecule has 0 saturated carbocycles. The number of amides is 2. The van der Waals surface area contributed by atoms with Crippen molar-refractivity contribution in [2.75, 3.05) is 24.1 Å². The molecule has 2 aromatic rings. The number of benzene rings is 2. The van der Waals surface area contributed by atoms with Crippen molar-refractivity contribution in [2.45, 2.75) is 48.9 Å². The zero-order valence-electron chi connectivity index (χ0n) is 18.6. The summed E-state index contributed by atoms with van der Waals surface area (Å²) in [6.07, 6.45) is 4.86. The molecule has 1 saturated heterocycles. The number of hydrogen-bond donors (Lipinski definition) is 2. The van der Waals surface area contributed by atoms with E-state index in [1.807, 2.05) is 20.1 Å². The van der Waals surface area contributed by atoms with Crippen molar-refractivity contribution in [1.82, 2.24) is 10.2 Å². The predicted octanol–water partition coefficient (Wildman–Crippen LogP) is 3.97. The van der Waals surface area contributed by atoms with Gasteiger partial charge in [0.2, 0.25) is 0 Å². The third-order valence-corrected chi connectivity index (χ3v) is 7.35. The molecule has 0 radical (unpaired) electrons. The molecule has 1 aliphatic rings. The van der Waals surface area contributed by atoms with E-state index in [4.69, 9.17) is 0 Å². The van der Waals surface area contributed by atoms with Crippen LogP contribution in [0.1, 0.15) is 53.8 Å². The van der Waals surface area contributed by atoms with E-state index in [2.05, 4.69) is 10.0 Å². The third kappa shape index (κ3) is 5.63. The lowest BCUT2D eigenvalue weighted by atomic mass is 10.1. The zero-order chi connectivity index (χ0) is 23.3. The average Bonchev–Trinajstić information content (AvgIpc) is 2.78. The average molecular weight is 476 g/mol. The molecule has 0 spiro atoms. The highest BCUT2D eigenvalue weighted by Crippen LogP contribution is 2.28. The Kier molecular flexibility index (Phi) is 7.84. The molecule has 1 aliphatic heterocycles. The van der Waals surface area contributed by atoms with Crippen molar-refractivity contribution in [3.05, 3.63) is 53.6 Å². The molecule has 0 aromatic heterocycles. The van der Waals surface area contributed by atoms with Crippen LogP contribution in [0.15, 0.2) is 52.3 Å². The lowest BCUT2D eigenvalue weighted by Crippen LogP contribution is -2.36. The second-order valence-corrected chi connectivity index (χ2v) is 10.5. The SMILES string of the molecule is CSc1ccc(S(=O)(=O)Nc2ccccc2C(=O)NC(C)C)cc1C(=O)N1CCCCC1. The minimum atomic E-state index is -4.02. The van der Waals surface area contributed by atoms with Crippen molar-refractivity contribution in [3.8, 4) is 0 Å². The maximum atomic E-state index is 13.2. The summed E-state index contributed by atoms with van der Waals surface area (Å²) >= 11 is 1.41. The Hall–Kier alpha value is -2.52. The fourth-order valence-corrected chi connectivity index (χ4v) is 5.28. The van der Waals surface area contributed by atoms with Crippen molar-refractivity contribution >= 4 is 39.3 Å². The number of hydrogen-bond acceptors (Lipinski definition) is 5. The van der Waals surface area contributed by atoms with Crippen molar-refractivity contribution in [1.29, 1.82) is 0 Å². The van der Waals surface area contributed by atoms with Gasteiger partial charge >= 0.3 is 0 Å². The van der Waals surface area contributed by atoms with E-state index in [0.717, 1.165) is 24.2 Å². The highest BCUT2D eigenvalue weighted by molar-refractivity contribution is 7.98. The Balaban J connectivity index is 1.93. The van der Waals surface area contributed by atoms with Gasteiger partial charge in [0.15, 0.2) is 0 Å². The first kappa shape index (κ1) is 24.1. The van der Waals surface area contributed by atoms with Gasteiger partial charge in [-0.25, -0.2) is 8.42 Å². The first-order valence-corrected chi connectivity index (χ1v) is 13.3. The number of anilines is 1. The normalized spacial score (nSPS) is 14.3. The molecule has 0 atom stereocenters. The number of para-hydroxylation sites is 1. The van der Waals surface area contributed by atoms with E-state index < -0.39 is 10.0 Å². The molecule has 0 bridgehead atoms. The summed E-state index contributed by atoms with van der Waals surface area (Å²) in [6.45, 7) is 5.03. The predicted molar refractivity (Wildman–Crippen MR) is 128 cm³/mol. The lowest BCUT2D eigenvalue weighted by Gasteiger charge is -2.27. The Bertz CT molecular complexity index is 1090. The molecule has 2 N–H and O–H groups in total. The van der Waals surface area contributed by atoms with E-state index in [0.29, 0.717) is 18.7 Å². The second-order valence-electron chi connectivity index (χ2n) is 7.99. The van der Waals surface area contributed by atoms with Gasteiger partial charge in [-0.3, -0.25) is 14.3 Å². The Morgan fingerprint density at radius 2 is 1.69 bits per heavy atom. The topological polar surface area (TPSA) is 95.6 Å². The number of likely N-dealkylation sites (tertiary alicyclic amines) is 1. The molecule has 0 unspecified atom stereocenters. The van der Waals surface area contributed by atoms with Gasteiger partial charge in [-0.05, 0) is 69.7 Å². The van der Waals surface area contributed by atoms with Gasteiger partial charge in [0, 0.05) is 24.0 Å². The van der Waals surface area contributed by atoms with Gasteiger partial charge < -0.3 is 10.2 Å². The van der Waals surface area contributed by atoms with Gasteiger partial charge in [-0.15, -0.1) is 11.8 Å². The first-order valence-electron chi connectivity index (χ1n) is 10.6. The van der Waals surface area contributed by atoms with E-state index in [9.17, 15) is 18.0 Å². The van der Waals surface area contributed by atoms with Crippen LogP contribution >= 0.6 is 11.8 Å². The molecule has 0 aliphatic carbocycles. The molecule has 9 heteroatoms. The quantitative estimate of drug-likeness (QED) is 0.591. The minimum Gasteiger partial charge on any atom is -0.350 e. The first-order chi connectivity index (χ1) is 15.2. The van der Waals surface area contributed by atoms with E-state index in [1.165, 1.54) is 23.9 Å². The molecule has 32 heavy (non-hydrogen) atoms. The maximum Gasteiger partial charge on any atom is 0.261 e. The number of sulfonamides is 1. The summed E-state index contributed by atoms with van der Waals surface area (Å²) in [6, 6.07) is 10.9. The van der Waals surface area contributed by atoms with Gasteiger partial charge in [0.1, 0.15) is 0 Å². The maximum absolute atomic E-state index is 13.2. The van der Waals surface area contributed by atoms with Crippen LogP contribution in [0.5, 0.6) is 0 Å². The molecule has 2 amide bonds. The Morgan fingerprint density at radius 3 is 2.34 bits per heavy atom. The summed E-state index contributed by atoms with van der Waals surface area (Å²) in [7, 11) is -4.02. The summed E-state index contributed by atoms with van der Waals surface area (Å²) < 4.78 is 28.9. The number of rotatable bonds is 7.